The Balaban J connectivity index is 2.87. The fraction of sp³-hybridized carbons (Fsp3) is 0.667. The summed E-state index contributed by atoms with van der Waals surface area (Å²) in [6.45, 7) is 14.1. The van der Waals surface area contributed by atoms with Gasteiger partial charge in [0.2, 0.25) is 0 Å². The molecule has 0 aromatic heterocycles. The van der Waals surface area contributed by atoms with Crippen LogP contribution in [0, 0.1) is 12.8 Å². The van der Waals surface area contributed by atoms with Crippen molar-refractivity contribution in [3.05, 3.63) is 29.3 Å². The maximum Gasteiger partial charge on any atom is 0.123 e. The van der Waals surface area contributed by atoms with Gasteiger partial charge in [0.25, 0.3) is 0 Å². The van der Waals surface area contributed by atoms with E-state index in [0.717, 1.165) is 18.8 Å². The van der Waals surface area contributed by atoms with Gasteiger partial charge in [0.15, 0.2) is 0 Å². The third kappa shape index (κ3) is 4.52. The molecule has 0 aliphatic heterocycles. The zero-order chi connectivity index (χ0) is 15.3. The van der Waals surface area contributed by atoms with Gasteiger partial charge in [-0.2, -0.15) is 0 Å². The number of rotatable bonds is 6. The topological polar surface area (TPSA) is 21.3 Å². The van der Waals surface area contributed by atoms with Gasteiger partial charge in [0.05, 0.1) is 0 Å². The van der Waals surface area contributed by atoms with E-state index in [9.17, 15) is 0 Å². The first kappa shape index (κ1) is 17.0. The highest BCUT2D eigenvalue weighted by molar-refractivity contribution is 5.41. The van der Waals surface area contributed by atoms with E-state index < -0.39 is 0 Å². The van der Waals surface area contributed by atoms with E-state index in [1.807, 2.05) is 7.05 Å². The number of hydrogen-bond acceptors (Lipinski definition) is 2. The zero-order valence-electron chi connectivity index (χ0n) is 14.2. The average molecular weight is 277 g/mol. The molecule has 1 aromatic rings. The number of aryl methyl sites for hydroxylation is 1. The summed E-state index contributed by atoms with van der Waals surface area (Å²) in [6.07, 6.45) is 1.16. The van der Waals surface area contributed by atoms with Crippen molar-refractivity contribution in [1.29, 1.82) is 0 Å². The van der Waals surface area contributed by atoms with E-state index in [1.165, 1.54) is 11.1 Å². The minimum atomic E-state index is 0.104. The molecule has 2 nitrogen and oxygen atoms in total. The highest BCUT2D eigenvalue weighted by Gasteiger charge is 2.21. The summed E-state index contributed by atoms with van der Waals surface area (Å²) in [6, 6.07) is 6.88. The van der Waals surface area contributed by atoms with Crippen LogP contribution in [0.2, 0.25) is 0 Å². The first-order valence-electron chi connectivity index (χ1n) is 7.70. The van der Waals surface area contributed by atoms with Crippen LogP contribution in [0.3, 0.4) is 0 Å². The Morgan fingerprint density at radius 1 is 1.25 bits per heavy atom. The average Bonchev–Trinajstić information content (AvgIpc) is 2.39. The van der Waals surface area contributed by atoms with Gasteiger partial charge in [-0.15, -0.1) is 0 Å². The van der Waals surface area contributed by atoms with Crippen LogP contribution in [-0.4, -0.2) is 19.7 Å². The summed E-state index contributed by atoms with van der Waals surface area (Å²) in [4.78, 5) is 0. The quantitative estimate of drug-likeness (QED) is 0.837. The summed E-state index contributed by atoms with van der Waals surface area (Å²) >= 11 is 0. The van der Waals surface area contributed by atoms with Crippen molar-refractivity contribution >= 4 is 0 Å². The molecule has 0 aliphatic carbocycles. The predicted octanol–water partition coefficient (Wildman–Crippen LogP) is 4.31. The summed E-state index contributed by atoms with van der Waals surface area (Å²) < 4.78 is 6.13. The summed E-state index contributed by atoms with van der Waals surface area (Å²) in [5, 5.41) is 3.37. The molecular weight excluding hydrogens is 246 g/mol. The van der Waals surface area contributed by atoms with Gasteiger partial charge in [0, 0.05) is 6.04 Å². The molecule has 0 bridgehead atoms. The lowest BCUT2D eigenvalue weighted by atomic mass is 9.85. The van der Waals surface area contributed by atoms with Crippen LogP contribution in [0.15, 0.2) is 18.2 Å². The van der Waals surface area contributed by atoms with E-state index in [-0.39, 0.29) is 5.41 Å². The number of ether oxygens (including phenoxy) is 1. The Labute approximate surface area is 124 Å². The summed E-state index contributed by atoms with van der Waals surface area (Å²) in [7, 11) is 2.01. The Hall–Kier alpha value is -1.02. The predicted molar refractivity (Wildman–Crippen MR) is 87.7 cm³/mol. The smallest absolute Gasteiger partial charge is 0.123 e. The number of likely N-dealkylation sites (N-methyl/N-ethyl adjacent to an activating group) is 1. The van der Waals surface area contributed by atoms with E-state index in [1.54, 1.807) is 0 Å². The minimum absolute atomic E-state index is 0.104. The van der Waals surface area contributed by atoms with Crippen molar-refractivity contribution in [2.45, 2.75) is 59.4 Å². The van der Waals surface area contributed by atoms with Crippen LogP contribution in [0.1, 0.15) is 52.2 Å². The Bertz CT molecular complexity index is 420. The summed E-state index contributed by atoms with van der Waals surface area (Å²) in [5.41, 5.74) is 2.68. The van der Waals surface area contributed by atoms with Crippen LogP contribution in [0.4, 0.5) is 0 Å². The SMILES string of the molecule is CCC(C)C(COc1ccc(C)cc1C(C)(C)C)NC. The molecule has 2 unspecified atom stereocenters. The first-order valence-corrected chi connectivity index (χ1v) is 7.70. The molecule has 0 fully saturated rings. The van der Waals surface area contributed by atoms with Crippen molar-refractivity contribution in [2.24, 2.45) is 5.92 Å². The van der Waals surface area contributed by atoms with Crippen LogP contribution in [0.25, 0.3) is 0 Å². The Morgan fingerprint density at radius 2 is 1.90 bits per heavy atom. The minimum Gasteiger partial charge on any atom is -0.492 e. The summed E-state index contributed by atoms with van der Waals surface area (Å²) in [5.74, 6) is 1.63. The van der Waals surface area contributed by atoms with Crippen LogP contribution < -0.4 is 10.1 Å². The second kappa shape index (κ2) is 7.12. The number of benzene rings is 1. The highest BCUT2D eigenvalue weighted by Crippen LogP contribution is 2.32. The lowest BCUT2D eigenvalue weighted by Gasteiger charge is -2.27. The van der Waals surface area contributed by atoms with Crippen molar-refractivity contribution in [1.82, 2.24) is 5.32 Å². The largest absolute Gasteiger partial charge is 0.492 e. The molecule has 0 amide bonds. The maximum atomic E-state index is 6.13. The van der Waals surface area contributed by atoms with E-state index in [4.69, 9.17) is 4.74 Å². The number of hydrogen-bond donors (Lipinski definition) is 1. The van der Waals surface area contributed by atoms with Gasteiger partial charge >= 0.3 is 0 Å². The van der Waals surface area contributed by atoms with E-state index in [2.05, 4.69) is 65.1 Å². The molecule has 2 heteroatoms. The van der Waals surface area contributed by atoms with Crippen molar-refractivity contribution in [3.63, 3.8) is 0 Å². The van der Waals surface area contributed by atoms with Crippen LogP contribution >= 0.6 is 0 Å². The Morgan fingerprint density at radius 3 is 2.40 bits per heavy atom. The molecule has 0 saturated carbocycles. The lowest BCUT2D eigenvalue weighted by Crippen LogP contribution is -2.37. The van der Waals surface area contributed by atoms with Gasteiger partial charge in [-0.25, -0.2) is 0 Å². The molecule has 20 heavy (non-hydrogen) atoms. The third-order valence-electron chi connectivity index (χ3n) is 4.06. The Kier molecular flexibility index (Phi) is 6.07. The van der Waals surface area contributed by atoms with E-state index in [0.29, 0.717) is 12.0 Å². The molecular formula is C18H31NO. The van der Waals surface area contributed by atoms with Crippen LogP contribution in [-0.2, 0) is 5.41 Å². The van der Waals surface area contributed by atoms with Gasteiger partial charge in [-0.1, -0.05) is 58.7 Å². The maximum absolute atomic E-state index is 6.13. The molecule has 0 spiro atoms. The molecule has 0 saturated heterocycles. The van der Waals surface area contributed by atoms with Crippen molar-refractivity contribution in [3.8, 4) is 5.75 Å². The molecule has 2 atom stereocenters. The molecule has 0 radical (unpaired) electrons. The van der Waals surface area contributed by atoms with Crippen LogP contribution in [0.5, 0.6) is 5.75 Å². The monoisotopic (exact) mass is 277 g/mol. The standard InChI is InChI=1S/C18H31NO/c1-8-14(3)16(19-7)12-20-17-10-9-13(2)11-15(17)18(4,5)6/h9-11,14,16,19H,8,12H2,1-7H3. The van der Waals surface area contributed by atoms with Gasteiger partial charge < -0.3 is 10.1 Å². The molecule has 0 heterocycles. The molecule has 1 rings (SSSR count). The fourth-order valence-corrected chi connectivity index (χ4v) is 2.35. The van der Waals surface area contributed by atoms with Gasteiger partial charge in [-0.3, -0.25) is 0 Å². The van der Waals surface area contributed by atoms with E-state index >= 15 is 0 Å². The van der Waals surface area contributed by atoms with Gasteiger partial charge in [0.1, 0.15) is 12.4 Å². The molecule has 1 N–H and O–H groups in total. The molecule has 0 aliphatic rings. The number of nitrogens with one attached hydrogen (secondary N) is 1. The molecule has 1 aromatic carbocycles. The van der Waals surface area contributed by atoms with Gasteiger partial charge in [-0.05, 0) is 36.9 Å². The fourth-order valence-electron chi connectivity index (χ4n) is 2.35. The molecule has 114 valence electrons. The van der Waals surface area contributed by atoms with Crippen molar-refractivity contribution < 1.29 is 4.74 Å². The lowest BCUT2D eigenvalue weighted by molar-refractivity contribution is 0.224. The third-order valence-corrected chi connectivity index (χ3v) is 4.06. The zero-order valence-corrected chi connectivity index (χ0v) is 14.2. The van der Waals surface area contributed by atoms with Crippen molar-refractivity contribution in [2.75, 3.05) is 13.7 Å². The second-order valence-electron chi connectivity index (χ2n) is 6.84. The first-order chi connectivity index (χ1) is 9.29. The highest BCUT2D eigenvalue weighted by atomic mass is 16.5. The normalized spacial score (nSPS) is 14.9. The second-order valence-corrected chi connectivity index (χ2v) is 6.84.